The molecule has 2 aromatic rings. The topological polar surface area (TPSA) is 29.5 Å². The van der Waals surface area contributed by atoms with Crippen LogP contribution in [0.5, 0.6) is 11.5 Å². The Balaban J connectivity index is 0.000000218. The lowest BCUT2D eigenvalue weighted by atomic mass is 10.3. The molecule has 0 spiro atoms. The van der Waals surface area contributed by atoms with Gasteiger partial charge >= 0.3 is 6.18 Å². The number of hydrogen-bond donors (Lipinski definition) is 1. The second-order valence-corrected chi connectivity index (χ2v) is 3.55. The van der Waals surface area contributed by atoms with Crippen molar-refractivity contribution in [3.63, 3.8) is 0 Å². The van der Waals surface area contributed by atoms with Crippen LogP contribution in [0.1, 0.15) is 0 Å². The van der Waals surface area contributed by atoms with Gasteiger partial charge in [0.2, 0.25) is 0 Å². The highest BCUT2D eigenvalue weighted by molar-refractivity contribution is 5.21. The van der Waals surface area contributed by atoms with Gasteiger partial charge in [0.1, 0.15) is 11.5 Å². The highest BCUT2D eigenvalue weighted by Crippen LogP contribution is 2.17. The molecule has 0 fully saturated rings. The van der Waals surface area contributed by atoms with Gasteiger partial charge in [0.05, 0.1) is 0 Å². The Morgan fingerprint density at radius 2 is 1.32 bits per heavy atom. The number of phenols is 1. The van der Waals surface area contributed by atoms with E-state index in [1.54, 1.807) is 42.5 Å². The van der Waals surface area contributed by atoms with Crippen LogP contribution in [0.4, 0.5) is 13.2 Å². The molecular formula is C14H13F3O2. The molecule has 0 radical (unpaired) electrons. The Morgan fingerprint density at radius 1 is 0.842 bits per heavy atom. The average Bonchev–Trinajstić information content (AvgIpc) is 2.39. The molecule has 19 heavy (non-hydrogen) atoms. The highest BCUT2D eigenvalue weighted by atomic mass is 19.4. The maximum Gasteiger partial charge on any atom is 0.422 e. The van der Waals surface area contributed by atoms with E-state index in [9.17, 15) is 13.2 Å². The van der Waals surface area contributed by atoms with Gasteiger partial charge in [0.15, 0.2) is 6.61 Å². The van der Waals surface area contributed by atoms with Gasteiger partial charge in [-0.15, -0.1) is 0 Å². The van der Waals surface area contributed by atoms with Crippen molar-refractivity contribution in [2.75, 3.05) is 6.61 Å². The molecule has 1 N–H and O–H groups in total. The van der Waals surface area contributed by atoms with Crippen LogP contribution in [0.2, 0.25) is 0 Å². The number of para-hydroxylation sites is 2. The first-order chi connectivity index (χ1) is 8.97. The number of ether oxygens (including phenoxy) is 1. The maximum absolute atomic E-state index is 11.6. The van der Waals surface area contributed by atoms with E-state index in [0.717, 1.165) is 0 Å². The minimum absolute atomic E-state index is 0.231. The number of aromatic hydroxyl groups is 1. The molecule has 0 unspecified atom stereocenters. The van der Waals surface area contributed by atoms with Crippen molar-refractivity contribution in [1.29, 1.82) is 0 Å². The van der Waals surface area contributed by atoms with Crippen LogP contribution in [0.25, 0.3) is 0 Å². The Bertz CT molecular complexity index is 455. The average molecular weight is 270 g/mol. The van der Waals surface area contributed by atoms with E-state index in [4.69, 9.17) is 5.11 Å². The number of benzene rings is 2. The zero-order valence-corrected chi connectivity index (χ0v) is 9.97. The summed E-state index contributed by atoms with van der Waals surface area (Å²) in [6.07, 6.45) is -4.27. The van der Waals surface area contributed by atoms with Crippen LogP contribution in [-0.4, -0.2) is 17.9 Å². The Hall–Kier alpha value is -2.17. The molecule has 0 heterocycles. The van der Waals surface area contributed by atoms with E-state index in [-0.39, 0.29) is 5.75 Å². The van der Waals surface area contributed by atoms with Crippen LogP contribution >= 0.6 is 0 Å². The summed E-state index contributed by atoms with van der Waals surface area (Å²) in [7, 11) is 0. The van der Waals surface area contributed by atoms with Gasteiger partial charge in [-0.1, -0.05) is 36.4 Å². The lowest BCUT2D eigenvalue weighted by Crippen LogP contribution is -2.19. The molecule has 2 nitrogen and oxygen atoms in total. The molecule has 2 aromatic carbocycles. The molecule has 0 bridgehead atoms. The molecule has 0 aromatic heterocycles. The first kappa shape index (κ1) is 14.9. The summed E-state index contributed by atoms with van der Waals surface area (Å²) in [5.41, 5.74) is 0. The number of alkyl halides is 3. The molecule has 5 heteroatoms. The second kappa shape index (κ2) is 7.31. The highest BCUT2D eigenvalue weighted by Gasteiger charge is 2.28. The van der Waals surface area contributed by atoms with Crippen LogP contribution < -0.4 is 4.74 Å². The minimum atomic E-state index is -4.27. The van der Waals surface area contributed by atoms with Gasteiger partial charge in [-0.3, -0.25) is 0 Å². The number of halogens is 3. The fraction of sp³-hybridized carbons (Fsp3) is 0.143. The normalized spacial score (nSPS) is 10.3. The van der Waals surface area contributed by atoms with Crippen molar-refractivity contribution >= 4 is 0 Å². The largest absolute Gasteiger partial charge is 0.508 e. The summed E-state index contributed by atoms with van der Waals surface area (Å²) in [5.74, 6) is 0.553. The molecular weight excluding hydrogens is 257 g/mol. The smallest absolute Gasteiger partial charge is 0.422 e. The van der Waals surface area contributed by atoms with Crippen molar-refractivity contribution in [3.8, 4) is 11.5 Å². The Kier molecular flexibility index (Phi) is 5.73. The summed E-state index contributed by atoms with van der Waals surface area (Å²) in [6.45, 7) is -1.24. The van der Waals surface area contributed by atoms with Crippen molar-refractivity contribution < 1.29 is 23.0 Å². The number of rotatable bonds is 2. The van der Waals surface area contributed by atoms with Gasteiger partial charge in [0, 0.05) is 0 Å². The van der Waals surface area contributed by atoms with Crippen molar-refractivity contribution in [3.05, 3.63) is 60.7 Å². The fourth-order valence-corrected chi connectivity index (χ4v) is 1.11. The van der Waals surface area contributed by atoms with E-state index < -0.39 is 12.8 Å². The SMILES string of the molecule is FC(F)(F)COc1ccccc1.Oc1ccccc1. The van der Waals surface area contributed by atoms with Gasteiger partial charge in [-0.2, -0.15) is 13.2 Å². The summed E-state index contributed by atoms with van der Waals surface area (Å²) in [5, 5.41) is 8.63. The molecule has 0 aliphatic carbocycles. The zero-order valence-electron chi connectivity index (χ0n) is 9.97. The molecule has 0 saturated carbocycles. The quantitative estimate of drug-likeness (QED) is 0.893. The lowest BCUT2D eigenvalue weighted by Gasteiger charge is -2.07. The molecule has 0 saturated heterocycles. The third-order valence-electron chi connectivity index (χ3n) is 1.90. The van der Waals surface area contributed by atoms with Crippen LogP contribution in [-0.2, 0) is 0 Å². The van der Waals surface area contributed by atoms with Gasteiger partial charge < -0.3 is 9.84 Å². The Morgan fingerprint density at radius 3 is 1.68 bits per heavy atom. The number of phenolic OH excluding ortho intramolecular Hbond substituents is 1. The van der Waals surface area contributed by atoms with Crippen LogP contribution in [0.15, 0.2) is 60.7 Å². The zero-order chi connectivity index (χ0) is 14.1. The third-order valence-corrected chi connectivity index (χ3v) is 1.90. The number of hydrogen-bond acceptors (Lipinski definition) is 2. The second-order valence-electron chi connectivity index (χ2n) is 3.55. The van der Waals surface area contributed by atoms with Gasteiger partial charge in [-0.25, -0.2) is 0 Å². The monoisotopic (exact) mass is 270 g/mol. The summed E-state index contributed by atoms with van der Waals surface area (Å²) < 4.78 is 39.3. The summed E-state index contributed by atoms with van der Waals surface area (Å²) in [6, 6.07) is 16.6. The van der Waals surface area contributed by atoms with E-state index in [1.807, 2.05) is 6.07 Å². The molecule has 0 atom stereocenters. The van der Waals surface area contributed by atoms with Crippen LogP contribution in [0, 0.1) is 0 Å². The van der Waals surface area contributed by atoms with Gasteiger partial charge in [0.25, 0.3) is 0 Å². The minimum Gasteiger partial charge on any atom is -0.508 e. The van der Waals surface area contributed by atoms with E-state index in [2.05, 4.69) is 4.74 Å². The van der Waals surface area contributed by atoms with E-state index in [1.165, 1.54) is 12.1 Å². The van der Waals surface area contributed by atoms with E-state index in [0.29, 0.717) is 5.75 Å². The molecule has 102 valence electrons. The third kappa shape index (κ3) is 7.70. The van der Waals surface area contributed by atoms with Crippen LogP contribution in [0.3, 0.4) is 0 Å². The standard InChI is InChI=1S/C8H7F3O.C6H6O/c9-8(10,11)6-12-7-4-2-1-3-5-7;7-6-4-2-1-3-5-6/h1-5H,6H2;1-5,7H. The van der Waals surface area contributed by atoms with Crippen molar-refractivity contribution in [2.24, 2.45) is 0 Å². The predicted molar refractivity (Wildman–Crippen MR) is 66.1 cm³/mol. The van der Waals surface area contributed by atoms with Crippen molar-refractivity contribution in [1.82, 2.24) is 0 Å². The van der Waals surface area contributed by atoms with E-state index >= 15 is 0 Å². The fourth-order valence-electron chi connectivity index (χ4n) is 1.11. The molecule has 0 aliphatic heterocycles. The first-order valence-electron chi connectivity index (χ1n) is 5.46. The Labute approximate surface area is 109 Å². The lowest BCUT2D eigenvalue weighted by molar-refractivity contribution is -0.153. The first-order valence-corrected chi connectivity index (χ1v) is 5.46. The molecule has 0 amide bonds. The molecule has 0 aliphatic rings. The van der Waals surface area contributed by atoms with Crippen molar-refractivity contribution in [2.45, 2.75) is 6.18 Å². The maximum atomic E-state index is 11.6. The predicted octanol–water partition coefficient (Wildman–Crippen LogP) is 4.02. The van der Waals surface area contributed by atoms with Gasteiger partial charge in [-0.05, 0) is 24.3 Å². The molecule has 2 rings (SSSR count). The summed E-state index contributed by atoms with van der Waals surface area (Å²) in [4.78, 5) is 0. The summed E-state index contributed by atoms with van der Waals surface area (Å²) >= 11 is 0.